The molecule has 1 aliphatic carbocycles. The van der Waals surface area contributed by atoms with E-state index < -0.39 is 5.41 Å². The van der Waals surface area contributed by atoms with Crippen LogP contribution < -0.4 is 5.32 Å². The summed E-state index contributed by atoms with van der Waals surface area (Å²) in [6.45, 7) is 1.24. The zero-order valence-corrected chi connectivity index (χ0v) is 16.6. The summed E-state index contributed by atoms with van der Waals surface area (Å²) in [5, 5.41) is 3.09. The summed E-state index contributed by atoms with van der Waals surface area (Å²) in [4.78, 5) is 27.8. The number of nitrogens with zero attached hydrogens (tertiary/aromatic N) is 1. The molecule has 2 aliphatic rings. The molecule has 2 aromatic carbocycles. The van der Waals surface area contributed by atoms with Crippen molar-refractivity contribution in [1.29, 1.82) is 0 Å². The van der Waals surface area contributed by atoms with Crippen molar-refractivity contribution >= 4 is 11.8 Å². The number of piperidine rings is 1. The highest BCUT2D eigenvalue weighted by molar-refractivity contribution is 5.94. The van der Waals surface area contributed by atoms with Crippen LogP contribution in [-0.2, 0) is 10.2 Å². The first kappa shape index (κ1) is 19.6. The Kier molecular flexibility index (Phi) is 5.65. The van der Waals surface area contributed by atoms with E-state index in [1.165, 1.54) is 12.1 Å². The molecule has 2 fully saturated rings. The molecule has 0 bridgehead atoms. The van der Waals surface area contributed by atoms with Gasteiger partial charge in [0, 0.05) is 24.7 Å². The molecule has 4 rings (SSSR count). The van der Waals surface area contributed by atoms with Crippen molar-refractivity contribution in [1.82, 2.24) is 10.2 Å². The van der Waals surface area contributed by atoms with Gasteiger partial charge in [0.25, 0.3) is 5.91 Å². The fourth-order valence-electron chi connectivity index (χ4n) is 4.78. The maximum absolute atomic E-state index is 13.8. The van der Waals surface area contributed by atoms with Gasteiger partial charge in [0.15, 0.2) is 0 Å². The molecule has 1 aliphatic heterocycles. The van der Waals surface area contributed by atoms with Gasteiger partial charge < -0.3 is 10.2 Å². The third-order valence-corrected chi connectivity index (χ3v) is 6.40. The second-order valence-electron chi connectivity index (χ2n) is 8.21. The number of amides is 2. The molecule has 152 valence electrons. The van der Waals surface area contributed by atoms with Crippen molar-refractivity contribution in [3.63, 3.8) is 0 Å². The number of nitrogens with one attached hydrogen (secondary N) is 1. The number of halogens is 1. The van der Waals surface area contributed by atoms with Gasteiger partial charge in [0.05, 0.1) is 5.41 Å². The molecule has 1 saturated heterocycles. The number of hydrogen-bond acceptors (Lipinski definition) is 2. The van der Waals surface area contributed by atoms with Gasteiger partial charge in [-0.25, -0.2) is 4.39 Å². The Morgan fingerprint density at radius 1 is 0.966 bits per heavy atom. The summed E-state index contributed by atoms with van der Waals surface area (Å²) in [7, 11) is 0. The maximum Gasteiger partial charge on any atom is 0.251 e. The summed E-state index contributed by atoms with van der Waals surface area (Å²) >= 11 is 0. The second-order valence-corrected chi connectivity index (χ2v) is 8.21. The minimum absolute atomic E-state index is 0.0672. The van der Waals surface area contributed by atoms with Gasteiger partial charge in [0.1, 0.15) is 5.82 Å². The molecule has 0 spiro atoms. The average Bonchev–Trinajstić information content (AvgIpc) is 3.26. The van der Waals surface area contributed by atoms with Crippen LogP contribution in [0.25, 0.3) is 0 Å². The van der Waals surface area contributed by atoms with Crippen molar-refractivity contribution in [2.45, 2.75) is 50.0 Å². The van der Waals surface area contributed by atoms with Crippen LogP contribution in [0.4, 0.5) is 4.39 Å². The average molecular weight is 394 g/mol. The quantitative estimate of drug-likeness (QED) is 0.850. The van der Waals surface area contributed by atoms with Crippen LogP contribution in [0.1, 0.15) is 54.4 Å². The van der Waals surface area contributed by atoms with E-state index in [4.69, 9.17) is 0 Å². The number of likely N-dealkylation sites (tertiary alicyclic amines) is 1. The number of carbonyl (C=O) groups excluding carboxylic acids is 2. The monoisotopic (exact) mass is 394 g/mol. The normalized spacial score (nSPS) is 19.1. The van der Waals surface area contributed by atoms with Gasteiger partial charge in [0.2, 0.25) is 5.91 Å². The minimum atomic E-state index is -0.595. The van der Waals surface area contributed by atoms with Crippen LogP contribution in [0.5, 0.6) is 0 Å². The summed E-state index contributed by atoms with van der Waals surface area (Å²) < 4.78 is 13.8. The fraction of sp³-hybridized carbons (Fsp3) is 0.417. The van der Waals surface area contributed by atoms with Crippen LogP contribution in [0, 0.1) is 5.82 Å². The molecular weight excluding hydrogens is 367 g/mol. The molecule has 0 unspecified atom stereocenters. The topological polar surface area (TPSA) is 49.4 Å². The highest BCUT2D eigenvalue weighted by Gasteiger charge is 2.45. The predicted octanol–water partition coefficient (Wildman–Crippen LogP) is 4.06. The van der Waals surface area contributed by atoms with Crippen LogP contribution >= 0.6 is 0 Å². The lowest BCUT2D eigenvalue weighted by Crippen LogP contribution is -2.51. The van der Waals surface area contributed by atoms with Gasteiger partial charge in [-0.05, 0) is 55.5 Å². The Bertz CT molecular complexity index is 869. The van der Waals surface area contributed by atoms with Crippen LogP contribution in [0.15, 0.2) is 54.6 Å². The molecule has 0 radical (unpaired) electrons. The van der Waals surface area contributed by atoms with E-state index in [1.807, 2.05) is 29.2 Å². The third kappa shape index (κ3) is 4.04. The number of carbonyl (C=O) groups is 2. The Morgan fingerprint density at radius 3 is 2.31 bits per heavy atom. The number of hydrogen-bond donors (Lipinski definition) is 1. The highest BCUT2D eigenvalue weighted by atomic mass is 19.1. The molecular formula is C24H27FN2O2. The van der Waals surface area contributed by atoms with Gasteiger partial charge in [-0.1, -0.05) is 43.2 Å². The molecule has 29 heavy (non-hydrogen) atoms. The van der Waals surface area contributed by atoms with Gasteiger partial charge >= 0.3 is 0 Å². The second kappa shape index (κ2) is 8.36. The van der Waals surface area contributed by atoms with E-state index >= 15 is 0 Å². The van der Waals surface area contributed by atoms with E-state index in [0.717, 1.165) is 44.1 Å². The Balaban J connectivity index is 1.41. The minimum Gasteiger partial charge on any atom is -0.349 e. The molecule has 1 N–H and O–H groups in total. The van der Waals surface area contributed by atoms with Crippen LogP contribution in [-0.4, -0.2) is 35.8 Å². The van der Waals surface area contributed by atoms with Crippen molar-refractivity contribution in [2.75, 3.05) is 13.1 Å². The first-order valence-corrected chi connectivity index (χ1v) is 10.5. The molecule has 0 atom stereocenters. The number of rotatable bonds is 4. The summed E-state index contributed by atoms with van der Waals surface area (Å²) in [5.41, 5.74) is 0.865. The van der Waals surface area contributed by atoms with Crippen LogP contribution in [0.2, 0.25) is 0 Å². The van der Waals surface area contributed by atoms with Crippen LogP contribution in [0.3, 0.4) is 0 Å². The van der Waals surface area contributed by atoms with E-state index in [-0.39, 0.29) is 23.7 Å². The molecule has 2 aromatic rings. The van der Waals surface area contributed by atoms with E-state index in [1.54, 1.807) is 18.2 Å². The summed E-state index contributed by atoms with van der Waals surface area (Å²) in [6.07, 6.45) is 5.02. The molecule has 5 heteroatoms. The van der Waals surface area contributed by atoms with E-state index in [0.29, 0.717) is 18.7 Å². The third-order valence-electron chi connectivity index (χ3n) is 6.40. The van der Waals surface area contributed by atoms with Gasteiger partial charge in [-0.2, -0.15) is 0 Å². The summed E-state index contributed by atoms with van der Waals surface area (Å²) in [6, 6.07) is 15.8. The Hall–Kier alpha value is -2.69. The summed E-state index contributed by atoms with van der Waals surface area (Å²) in [5.74, 6) is -0.236. The largest absolute Gasteiger partial charge is 0.349 e. The van der Waals surface area contributed by atoms with Gasteiger partial charge in [-0.3, -0.25) is 9.59 Å². The highest BCUT2D eigenvalue weighted by Crippen LogP contribution is 2.43. The van der Waals surface area contributed by atoms with Crippen molar-refractivity contribution in [3.05, 3.63) is 71.5 Å². The Morgan fingerprint density at radius 2 is 1.66 bits per heavy atom. The first-order chi connectivity index (χ1) is 14.1. The van der Waals surface area contributed by atoms with Crippen molar-refractivity contribution in [3.8, 4) is 0 Å². The first-order valence-electron chi connectivity index (χ1n) is 10.5. The smallest absolute Gasteiger partial charge is 0.251 e. The molecule has 4 nitrogen and oxygen atoms in total. The molecule has 1 heterocycles. The zero-order chi connectivity index (χ0) is 20.3. The van der Waals surface area contributed by atoms with E-state index in [2.05, 4.69) is 5.32 Å². The molecule has 1 saturated carbocycles. The fourth-order valence-corrected chi connectivity index (χ4v) is 4.78. The van der Waals surface area contributed by atoms with Crippen molar-refractivity contribution < 1.29 is 14.0 Å². The standard InChI is InChI=1S/C24H27FN2O2/c25-20-10-6-9-19(17-20)24(13-4-5-14-24)23(29)27-15-11-21(12-16-27)26-22(28)18-7-2-1-3-8-18/h1-3,6-10,17,21H,4-5,11-16H2,(H,26,28). The maximum atomic E-state index is 13.8. The molecule has 0 aromatic heterocycles. The Labute approximate surface area is 171 Å². The number of benzene rings is 2. The SMILES string of the molecule is O=C(NC1CCN(C(=O)C2(c3cccc(F)c3)CCCC2)CC1)c1ccccc1. The predicted molar refractivity (Wildman–Crippen MR) is 110 cm³/mol. The van der Waals surface area contributed by atoms with Crippen molar-refractivity contribution in [2.24, 2.45) is 0 Å². The lowest BCUT2D eigenvalue weighted by atomic mass is 9.77. The van der Waals surface area contributed by atoms with Gasteiger partial charge in [-0.15, -0.1) is 0 Å². The lowest BCUT2D eigenvalue weighted by Gasteiger charge is -2.39. The van der Waals surface area contributed by atoms with E-state index in [9.17, 15) is 14.0 Å². The lowest BCUT2D eigenvalue weighted by molar-refractivity contribution is -0.138. The zero-order valence-electron chi connectivity index (χ0n) is 16.6. The molecule has 2 amide bonds.